The number of nitrogens with zero attached hydrogens (tertiary/aromatic N) is 2. The summed E-state index contributed by atoms with van der Waals surface area (Å²) in [4.78, 5) is 0. The Morgan fingerprint density at radius 3 is 1.76 bits per heavy atom. The molecule has 2 aliphatic rings. The van der Waals surface area contributed by atoms with Crippen molar-refractivity contribution in [2.45, 2.75) is 6.04 Å². The molecule has 1 N–H and O–H groups in total. The number of allylic oxidation sites excluding steroid dienone is 2. The minimum absolute atomic E-state index is 0.0725. The Morgan fingerprint density at radius 2 is 1.06 bits per heavy atom. The zero-order chi connectivity index (χ0) is 32.9. The van der Waals surface area contributed by atoms with Gasteiger partial charge >= 0.3 is 0 Å². The van der Waals surface area contributed by atoms with E-state index in [2.05, 4.69) is 185 Å². The Kier molecular flexibility index (Phi) is 5.59. The van der Waals surface area contributed by atoms with Crippen LogP contribution in [0.2, 0.25) is 0 Å². The molecule has 1 atom stereocenters. The number of fused-ring (bicyclic) bond motifs is 10. The largest absolute Gasteiger partial charge is 0.372 e. The average Bonchev–Trinajstić information content (AvgIpc) is 3.75. The standard InChI is InChI=1S/C47H31N3/c1-29-25-45-46(48-41-18-9-8-15-35(29)41)37-17-10-16-36-38-27-32(21-24-44(38)50(45)47(36)37)33-20-23-43-40(28-33)39-26-31(30-11-4-2-5-12-30)19-22-42(39)49(43)34-13-6-3-7-14-34/h2-28,46,48H,1H2. The van der Waals surface area contributed by atoms with E-state index in [0.717, 1.165) is 16.8 Å². The third-order valence-corrected chi connectivity index (χ3v) is 10.8. The van der Waals surface area contributed by atoms with E-state index in [1.54, 1.807) is 0 Å². The summed E-state index contributed by atoms with van der Waals surface area (Å²) in [5.41, 5.74) is 16.8. The second-order valence-electron chi connectivity index (χ2n) is 13.5. The lowest BCUT2D eigenvalue weighted by atomic mass is 9.98. The molecule has 11 rings (SSSR count). The molecular weight excluding hydrogens is 607 g/mol. The topological polar surface area (TPSA) is 21.9 Å². The summed E-state index contributed by atoms with van der Waals surface area (Å²) >= 11 is 0. The van der Waals surface area contributed by atoms with E-state index in [4.69, 9.17) is 0 Å². The van der Waals surface area contributed by atoms with Gasteiger partial charge in [0, 0.05) is 44.0 Å². The maximum absolute atomic E-state index is 4.48. The first-order chi connectivity index (χ1) is 24.7. The Balaban J connectivity index is 1.11. The van der Waals surface area contributed by atoms with E-state index in [1.807, 2.05) is 0 Å². The fourth-order valence-corrected chi connectivity index (χ4v) is 8.53. The van der Waals surface area contributed by atoms with Gasteiger partial charge in [0.15, 0.2) is 0 Å². The number of para-hydroxylation sites is 3. The van der Waals surface area contributed by atoms with Gasteiger partial charge in [0.2, 0.25) is 0 Å². The first kappa shape index (κ1) is 27.4. The van der Waals surface area contributed by atoms with Gasteiger partial charge in [-0.2, -0.15) is 0 Å². The lowest BCUT2D eigenvalue weighted by Gasteiger charge is -2.18. The Labute approximate surface area is 289 Å². The lowest BCUT2D eigenvalue weighted by molar-refractivity contribution is 1.00. The zero-order valence-corrected chi connectivity index (χ0v) is 27.3. The monoisotopic (exact) mass is 637 g/mol. The van der Waals surface area contributed by atoms with Crippen LogP contribution in [0.5, 0.6) is 0 Å². The van der Waals surface area contributed by atoms with Crippen molar-refractivity contribution in [1.82, 2.24) is 9.13 Å². The van der Waals surface area contributed by atoms with E-state index >= 15 is 0 Å². The highest BCUT2D eigenvalue weighted by Crippen LogP contribution is 2.50. The van der Waals surface area contributed by atoms with Crippen molar-refractivity contribution in [3.8, 4) is 27.9 Å². The zero-order valence-electron chi connectivity index (χ0n) is 27.3. The number of aromatic nitrogens is 2. The second kappa shape index (κ2) is 10.2. The molecule has 0 fully saturated rings. The first-order valence-corrected chi connectivity index (χ1v) is 17.2. The lowest BCUT2D eigenvalue weighted by Crippen LogP contribution is -2.10. The van der Waals surface area contributed by atoms with Gasteiger partial charge in [-0.3, -0.25) is 0 Å². The van der Waals surface area contributed by atoms with Crippen LogP contribution in [-0.4, -0.2) is 9.13 Å². The molecule has 7 aromatic carbocycles. The molecule has 0 radical (unpaired) electrons. The molecule has 3 nitrogen and oxygen atoms in total. The highest BCUT2D eigenvalue weighted by molar-refractivity contribution is 6.16. The summed E-state index contributed by atoms with van der Waals surface area (Å²) in [5, 5.41) is 8.91. The maximum atomic E-state index is 4.48. The van der Waals surface area contributed by atoms with Crippen molar-refractivity contribution in [1.29, 1.82) is 0 Å². The summed E-state index contributed by atoms with van der Waals surface area (Å²) in [6.07, 6.45) is 2.27. The SMILES string of the molecule is C=C1C=C2C(Nc3ccccc31)c1cccc3c4cc(-c5ccc6c(c5)c5cc(-c7ccccc7)ccc5n6-c5ccccc5)ccc4n2c13. The molecule has 0 aliphatic carbocycles. The molecule has 4 heterocycles. The molecule has 1 unspecified atom stereocenters. The fraction of sp³-hybridized carbons (Fsp3) is 0.0213. The van der Waals surface area contributed by atoms with E-state index < -0.39 is 0 Å². The molecular formula is C47H31N3. The van der Waals surface area contributed by atoms with Crippen molar-refractivity contribution in [3.63, 3.8) is 0 Å². The predicted molar refractivity (Wildman–Crippen MR) is 211 cm³/mol. The number of hydrogen-bond donors (Lipinski definition) is 1. The van der Waals surface area contributed by atoms with Gasteiger partial charge in [0.1, 0.15) is 0 Å². The summed E-state index contributed by atoms with van der Waals surface area (Å²) < 4.78 is 4.85. The van der Waals surface area contributed by atoms with Crippen molar-refractivity contribution in [2.24, 2.45) is 0 Å². The molecule has 50 heavy (non-hydrogen) atoms. The molecule has 234 valence electrons. The Bertz CT molecular complexity index is 2900. The maximum Gasteiger partial charge on any atom is 0.0944 e. The van der Waals surface area contributed by atoms with Crippen LogP contribution in [0, 0.1) is 0 Å². The normalized spacial score (nSPS) is 14.9. The van der Waals surface area contributed by atoms with E-state index in [1.165, 1.54) is 82.8 Å². The van der Waals surface area contributed by atoms with Gasteiger partial charge in [-0.25, -0.2) is 0 Å². The van der Waals surface area contributed by atoms with Crippen LogP contribution in [0.4, 0.5) is 5.69 Å². The summed E-state index contributed by atoms with van der Waals surface area (Å²) in [6, 6.07) is 57.5. The molecule has 2 aromatic heterocycles. The molecule has 0 saturated carbocycles. The summed E-state index contributed by atoms with van der Waals surface area (Å²) in [5.74, 6) is 0. The smallest absolute Gasteiger partial charge is 0.0944 e. The average molecular weight is 638 g/mol. The van der Waals surface area contributed by atoms with Gasteiger partial charge < -0.3 is 14.5 Å². The van der Waals surface area contributed by atoms with Crippen LogP contribution < -0.4 is 5.32 Å². The first-order valence-electron chi connectivity index (χ1n) is 17.2. The Hall–Kier alpha value is -6.58. The van der Waals surface area contributed by atoms with Crippen molar-refractivity contribution < 1.29 is 0 Å². The van der Waals surface area contributed by atoms with Crippen LogP contribution >= 0.6 is 0 Å². The van der Waals surface area contributed by atoms with Gasteiger partial charge in [-0.05, 0) is 88.5 Å². The van der Waals surface area contributed by atoms with Crippen LogP contribution in [0.15, 0.2) is 170 Å². The van der Waals surface area contributed by atoms with Crippen molar-refractivity contribution in [3.05, 3.63) is 182 Å². The van der Waals surface area contributed by atoms with Crippen molar-refractivity contribution >= 4 is 60.6 Å². The van der Waals surface area contributed by atoms with Gasteiger partial charge in [-0.15, -0.1) is 0 Å². The molecule has 0 amide bonds. The summed E-state index contributed by atoms with van der Waals surface area (Å²) in [7, 11) is 0. The van der Waals surface area contributed by atoms with E-state index in [-0.39, 0.29) is 6.04 Å². The molecule has 2 aliphatic heterocycles. The predicted octanol–water partition coefficient (Wildman–Crippen LogP) is 12.3. The van der Waals surface area contributed by atoms with Crippen LogP contribution in [0.25, 0.3) is 82.8 Å². The highest BCUT2D eigenvalue weighted by Gasteiger charge is 2.34. The van der Waals surface area contributed by atoms with E-state index in [9.17, 15) is 0 Å². The third-order valence-electron chi connectivity index (χ3n) is 10.8. The number of benzene rings is 7. The minimum atomic E-state index is 0.0725. The molecule has 0 spiro atoms. The molecule has 9 aromatic rings. The number of rotatable bonds is 3. The minimum Gasteiger partial charge on any atom is -0.372 e. The molecule has 3 heteroatoms. The van der Waals surface area contributed by atoms with Gasteiger partial charge in [-0.1, -0.05) is 110 Å². The Morgan fingerprint density at radius 1 is 0.480 bits per heavy atom. The molecule has 0 bridgehead atoms. The van der Waals surface area contributed by atoms with Crippen LogP contribution in [0.3, 0.4) is 0 Å². The third kappa shape index (κ3) is 3.80. The number of hydrogen-bond acceptors (Lipinski definition) is 1. The fourth-order valence-electron chi connectivity index (χ4n) is 8.53. The summed E-state index contributed by atoms with van der Waals surface area (Å²) in [6.45, 7) is 4.48. The van der Waals surface area contributed by atoms with E-state index in [0.29, 0.717) is 0 Å². The quantitative estimate of drug-likeness (QED) is 0.205. The van der Waals surface area contributed by atoms with Crippen LogP contribution in [0.1, 0.15) is 17.2 Å². The molecule has 0 saturated heterocycles. The second-order valence-corrected chi connectivity index (χ2v) is 13.5. The van der Waals surface area contributed by atoms with Crippen molar-refractivity contribution in [2.75, 3.05) is 5.32 Å². The van der Waals surface area contributed by atoms with Gasteiger partial charge in [0.05, 0.1) is 33.8 Å². The number of nitrogens with one attached hydrogen (secondary N) is 1. The van der Waals surface area contributed by atoms with Gasteiger partial charge in [0.25, 0.3) is 0 Å². The highest BCUT2D eigenvalue weighted by atomic mass is 15.1. The van der Waals surface area contributed by atoms with Crippen LogP contribution in [-0.2, 0) is 0 Å². The number of anilines is 1.